The van der Waals surface area contributed by atoms with Crippen LogP contribution in [0.15, 0.2) is 12.3 Å². The second-order valence-corrected chi connectivity index (χ2v) is 8.46. The van der Waals surface area contributed by atoms with Gasteiger partial charge in [-0.2, -0.15) is 5.10 Å². The Kier molecular flexibility index (Phi) is 5.22. The molecule has 6 heteroatoms. The van der Waals surface area contributed by atoms with Gasteiger partial charge in [0.2, 0.25) is 0 Å². The monoisotopic (exact) mass is 386 g/mol. The maximum absolute atomic E-state index is 12.6. The molecule has 0 atom stereocenters. The third kappa shape index (κ3) is 3.88. The number of nitrogens with one attached hydrogen (secondary N) is 1. The van der Waals surface area contributed by atoms with Gasteiger partial charge >= 0.3 is 0 Å². The Bertz CT molecular complexity index is 852. The predicted molar refractivity (Wildman–Crippen MR) is 106 cm³/mol. The van der Waals surface area contributed by atoms with E-state index in [0.29, 0.717) is 22.2 Å². The Balaban J connectivity index is 1.32. The molecule has 0 aromatic carbocycles. The second kappa shape index (κ2) is 7.63. The summed E-state index contributed by atoms with van der Waals surface area (Å²) in [5.74, 6) is 0.586. The first kappa shape index (κ1) is 18.5. The number of aryl methyl sites for hydroxylation is 2. The molecule has 0 saturated heterocycles. The minimum Gasteiger partial charge on any atom is -0.349 e. The molecule has 0 spiro atoms. The van der Waals surface area contributed by atoms with Gasteiger partial charge in [0.1, 0.15) is 0 Å². The number of amides is 1. The number of halogens is 1. The number of aromatic nitrogens is 3. The molecule has 144 valence electrons. The Hall–Kier alpha value is -1.88. The van der Waals surface area contributed by atoms with Crippen LogP contribution in [0.1, 0.15) is 65.1 Å². The fraction of sp³-hybridized carbons (Fsp3) is 0.571. The summed E-state index contributed by atoms with van der Waals surface area (Å²) in [7, 11) is 0. The highest BCUT2D eigenvalue weighted by atomic mass is 35.5. The summed E-state index contributed by atoms with van der Waals surface area (Å²) in [4.78, 5) is 16.7. The van der Waals surface area contributed by atoms with Gasteiger partial charge in [-0.3, -0.25) is 14.5 Å². The maximum Gasteiger partial charge on any atom is 0.253 e. The molecule has 1 saturated carbocycles. The molecular formula is C21H27ClN4O. The van der Waals surface area contributed by atoms with E-state index in [2.05, 4.69) is 21.9 Å². The fourth-order valence-electron chi connectivity index (χ4n) is 4.59. The molecule has 5 nitrogen and oxygen atoms in total. The van der Waals surface area contributed by atoms with Crippen molar-refractivity contribution in [3.63, 3.8) is 0 Å². The van der Waals surface area contributed by atoms with E-state index in [4.69, 9.17) is 16.7 Å². The molecule has 2 aliphatic rings. The standard InChI is InChI=1S/C21H27ClN4O/c1-13-19(10-16(22)11-23-13)21(27)24-17-8-6-15(7-9-17)12-26-20-5-3-4-18(20)14(2)25-26/h10-11,15,17H,3-9,12H2,1-2H3,(H,24,27)/t15-,17-. The molecule has 0 radical (unpaired) electrons. The number of hydrogen-bond donors (Lipinski definition) is 1. The summed E-state index contributed by atoms with van der Waals surface area (Å²) < 4.78 is 2.27. The van der Waals surface area contributed by atoms with Crippen LogP contribution in [0.2, 0.25) is 5.02 Å². The number of pyridine rings is 1. The molecule has 1 fully saturated rings. The molecule has 4 rings (SSSR count). The van der Waals surface area contributed by atoms with Gasteiger partial charge in [-0.25, -0.2) is 0 Å². The van der Waals surface area contributed by atoms with Crippen LogP contribution < -0.4 is 5.32 Å². The summed E-state index contributed by atoms with van der Waals surface area (Å²) in [5, 5.41) is 8.45. The van der Waals surface area contributed by atoms with E-state index in [1.54, 1.807) is 12.3 Å². The van der Waals surface area contributed by atoms with E-state index in [1.165, 1.54) is 36.2 Å². The van der Waals surface area contributed by atoms with Crippen LogP contribution in [0.4, 0.5) is 0 Å². The third-order valence-corrected chi connectivity index (χ3v) is 6.33. The van der Waals surface area contributed by atoms with Crippen molar-refractivity contribution in [3.05, 3.63) is 45.5 Å². The van der Waals surface area contributed by atoms with Gasteiger partial charge in [-0.1, -0.05) is 11.6 Å². The largest absolute Gasteiger partial charge is 0.349 e. The lowest BCUT2D eigenvalue weighted by atomic mass is 9.86. The van der Waals surface area contributed by atoms with E-state index in [-0.39, 0.29) is 11.9 Å². The van der Waals surface area contributed by atoms with Crippen molar-refractivity contribution < 1.29 is 4.79 Å². The van der Waals surface area contributed by atoms with Gasteiger partial charge in [-0.05, 0) is 76.3 Å². The lowest BCUT2D eigenvalue weighted by molar-refractivity contribution is 0.0919. The van der Waals surface area contributed by atoms with Gasteiger partial charge in [0.15, 0.2) is 0 Å². The minimum absolute atomic E-state index is 0.0635. The molecule has 0 aliphatic heterocycles. The zero-order valence-electron chi connectivity index (χ0n) is 16.1. The summed E-state index contributed by atoms with van der Waals surface area (Å²) in [6.45, 7) is 5.00. The van der Waals surface area contributed by atoms with E-state index in [0.717, 1.165) is 32.2 Å². The number of nitrogens with zero attached hydrogens (tertiary/aromatic N) is 3. The molecular weight excluding hydrogens is 360 g/mol. The predicted octanol–water partition coefficient (Wildman–Crippen LogP) is 4.03. The van der Waals surface area contributed by atoms with Crippen molar-refractivity contribution in [2.24, 2.45) is 5.92 Å². The fourth-order valence-corrected chi connectivity index (χ4v) is 4.75. The number of fused-ring (bicyclic) bond motifs is 1. The van der Waals surface area contributed by atoms with Gasteiger partial charge in [0.25, 0.3) is 5.91 Å². The van der Waals surface area contributed by atoms with Crippen LogP contribution >= 0.6 is 11.6 Å². The van der Waals surface area contributed by atoms with E-state index >= 15 is 0 Å². The van der Waals surface area contributed by atoms with Crippen LogP contribution in [-0.4, -0.2) is 26.7 Å². The zero-order valence-corrected chi connectivity index (χ0v) is 16.9. The van der Waals surface area contributed by atoms with Crippen LogP contribution in [0, 0.1) is 19.8 Å². The van der Waals surface area contributed by atoms with E-state index in [1.807, 2.05) is 6.92 Å². The molecule has 2 aromatic heterocycles. The second-order valence-electron chi connectivity index (χ2n) is 8.02. The molecule has 27 heavy (non-hydrogen) atoms. The first-order valence-electron chi connectivity index (χ1n) is 9.99. The number of carbonyl (C=O) groups excluding carboxylic acids is 1. The van der Waals surface area contributed by atoms with Crippen LogP contribution in [0.3, 0.4) is 0 Å². The first-order chi connectivity index (χ1) is 13.0. The lowest BCUT2D eigenvalue weighted by Crippen LogP contribution is -2.38. The third-order valence-electron chi connectivity index (χ3n) is 6.12. The van der Waals surface area contributed by atoms with Crippen LogP contribution in [0.5, 0.6) is 0 Å². The minimum atomic E-state index is -0.0635. The maximum atomic E-state index is 12.6. The molecule has 2 heterocycles. The SMILES string of the molecule is Cc1ncc(Cl)cc1C(=O)N[C@H]1CC[C@H](Cn2nc(C)c3c2CCC3)CC1. The van der Waals surface area contributed by atoms with Crippen molar-refractivity contribution >= 4 is 17.5 Å². The molecule has 2 aliphatic carbocycles. The summed E-state index contributed by atoms with van der Waals surface area (Å²) >= 11 is 5.99. The highest BCUT2D eigenvalue weighted by Crippen LogP contribution is 2.30. The van der Waals surface area contributed by atoms with Crippen molar-refractivity contribution in [2.45, 2.75) is 71.4 Å². The van der Waals surface area contributed by atoms with Crippen molar-refractivity contribution in [1.82, 2.24) is 20.1 Å². The smallest absolute Gasteiger partial charge is 0.253 e. The van der Waals surface area contributed by atoms with Crippen molar-refractivity contribution in [1.29, 1.82) is 0 Å². The van der Waals surface area contributed by atoms with Crippen molar-refractivity contribution in [2.75, 3.05) is 0 Å². The Morgan fingerprint density at radius 2 is 2.00 bits per heavy atom. The summed E-state index contributed by atoms with van der Waals surface area (Å²) in [6.07, 6.45) is 9.51. The average Bonchev–Trinajstić information content (AvgIpc) is 3.24. The summed E-state index contributed by atoms with van der Waals surface area (Å²) in [5.41, 5.74) is 5.46. The van der Waals surface area contributed by atoms with Gasteiger partial charge in [-0.15, -0.1) is 0 Å². The van der Waals surface area contributed by atoms with Crippen LogP contribution in [0.25, 0.3) is 0 Å². The zero-order chi connectivity index (χ0) is 19.0. The van der Waals surface area contributed by atoms with Gasteiger partial charge in [0.05, 0.1) is 22.0 Å². The molecule has 0 bridgehead atoms. The molecule has 0 unspecified atom stereocenters. The lowest BCUT2D eigenvalue weighted by Gasteiger charge is -2.29. The Morgan fingerprint density at radius 3 is 2.78 bits per heavy atom. The number of carbonyl (C=O) groups is 1. The highest BCUT2D eigenvalue weighted by Gasteiger charge is 2.26. The number of rotatable bonds is 4. The quantitative estimate of drug-likeness (QED) is 0.863. The average molecular weight is 387 g/mol. The van der Waals surface area contributed by atoms with E-state index in [9.17, 15) is 4.79 Å². The Morgan fingerprint density at radius 1 is 1.22 bits per heavy atom. The molecule has 1 N–H and O–H groups in total. The Labute approximate surface area is 165 Å². The van der Waals surface area contributed by atoms with Gasteiger partial charge in [0, 0.05) is 24.5 Å². The summed E-state index contributed by atoms with van der Waals surface area (Å²) in [6, 6.07) is 1.93. The normalized spacial score (nSPS) is 21.9. The number of hydrogen-bond acceptors (Lipinski definition) is 3. The van der Waals surface area contributed by atoms with Crippen molar-refractivity contribution in [3.8, 4) is 0 Å². The van der Waals surface area contributed by atoms with Gasteiger partial charge < -0.3 is 5.32 Å². The van der Waals surface area contributed by atoms with Crippen LogP contribution in [-0.2, 0) is 19.4 Å². The molecule has 1 amide bonds. The highest BCUT2D eigenvalue weighted by molar-refractivity contribution is 6.30. The molecule has 2 aromatic rings. The first-order valence-corrected chi connectivity index (χ1v) is 10.4. The topological polar surface area (TPSA) is 59.8 Å². The van der Waals surface area contributed by atoms with E-state index < -0.39 is 0 Å².